The predicted molar refractivity (Wildman–Crippen MR) is 143 cm³/mol. The van der Waals surface area contributed by atoms with Gasteiger partial charge in [-0.25, -0.2) is 9.97 Å². The number of pyridine rings is 1. The van der Waals surface area contributed by atoms with E-state index in [0.29, 0.717) is 25.2 Å². The number of benzene rings is 3. The first-order valence-electron chi connectivity index (χ1n) is 12.1. The Hall–Kier alpha value is -4.65. The maximum absolute atomic E-state index is 10.9. The van der Waals surface area contributed by atoms with Gasteiger partial charge in [0.15, 0.2) is 5.65 Å². The molecule has 186 valence electrons. The number of ether oxygens (including phenoxy) is 2. The smallest absolute Gasteiger partial charge is 0.303 e. The Bertz CT molecular complexity index is 1530. The first kappa shape index (κ1) is 24.1. The molecule has 5 rings (SSSR count). The van der Waals surface area contributed by atoms with Crippen LogP contribution in [0.2, 0.25) is 0 Å². The molecule has 0 atom stereocenters. The molecule has 7 heteroatoms. The van der Waals surface area contributed by atoms with Crippen LogP contribution in [0.4, 0.5) is 0 Å². The van der Waals surface area contributed by atoms with E-state index in [-0.39, 0.29) is 6.42 Å². The molecule has 0 saturated heterocycles. The van der Waals surface area contributed by atoms with Crippen LogP contribution in [0.15, 0.2) is 91.1 Å². The highest BCUT2D eigenvalue weighted by Crippen LogP contribution is 2.31. The van der Waals surface area contributed by atoms with E-state index < -0.39 is 5.97 Å². The minimum atomic E-state index is -0.827. The summed E-state index contributed by atoms with van der Waals surface area (Å²) in [6.45, 7) is 0.828. The number of fused-ring (bicyclic) bond motifs is 1. The number of carboxylic acids is 1. The summed E-state index contributed by atoms with van der Waals surface area (Å²) in [5, 5.41) is 8.94. The van der Waals surface area contributed by atoms with Crippen molar-refractivity contribution in [1.29, 1.82) is 0 Å². The van der Waals surface area contributed by atoms with Gasteiger partial charge in [0.25, 0.3) is 0 Å². The van der Waals surface area contributed by atoms with Crippen LogP contribution in [-0.4, -0.2) is 39.3 Å². The van der Waals surface area contributed by atoms with E-state index >= 15 is 0 Å². The molecule has 0 saturated carbocycles. The topological polar surface area (TPSA) is 86.5 Å². The van der Waals surface area contributed by atoms with E-state index in [9.17, 15) is 4.79 Å². The van der Waals surface area contributed by atoms with Gasteiger partial charge in [0.05, 0.1) is 25.8 Å². The van der Waals surface area contributed by atoms with Gasteiger partial charge in [-0.1, -0.05) is 60.7 Å². The van der Waals surface area contributed by atoms with Gasteiger partial charge in [-0.05, 0) is 36.2 Å². The lowest BCUT2D eigenvalue weighted by atomic mass is 10.1. The fourth-order valence-electron chi connectivity index (χ4n) is 4.29. The number of aromatic nitrogens is 3. The molecule has 0 unspecified atom stereocenters. The summed E-state index contributed by atoms with van der Waals surface area (Å²) in [4.78, 5) is 20.5. The molecule has 7 nitrogen and oxygen atoms in total. The number of hydrogen-bond acceptors (Lipinski definition) is 5. The maximum Gasteiger partial charge on any atom is 0.303 e. The third-order valence-electron chi connectivity index (χ3n) is 6.13. The van der Waals surface area contributed by atoms with Crippen molar-refractivity contribution in [2.75, 3.05) is 13.7 Å². The second-order valence-corrected chi connectivity index (χ2v) is 8.64. The highest BCUT2D eigenvalue weighted by Gasteiger charge is 2.17. The molecule has 0 aliphatic rings. The summed E-state index contributed by atoms with van der Waals surface area (Å²) in [5.41, 5.74) is 5.52. The van der Waals surface area contributed by atoms with Crippen LogP contribution in [-0.2, 0) is 11.3 Å². The molecule has 2 heterocycles. The van der Waals surface area contributed by atoms with E-state index in [0.717, 1.165) is 45.1 Å². The zero-order chi connectivity index (χ0) is 25.6. The Morgan fingerprint density at radius 1 is 0.919 bits per heavy atom. The molecule has 1 N–H and O–H groups in total. The number of hydrogen-bond donors (Lipinski definition) is 1. The Kier molecular flexibility index (Phi) is 7.12. The van der Waals surface area contributed by atoms with Crippen LogP contribution in [0.25, 0.3) is 33.7 Å². The van der Waals surface area contributed by atoms with Gasteiger partial charge >= 0.3 is 5.97 Å². The van der Waals surface area contributed by atoms with E-state index in [1.807, 2.05) is 72.9 Å². The zero-order valence-corrected chi connectivity index (χ0v) is 20.5. The summed E-state index contributed by atoms with van der Waals surface area (Å²) in [6.07, 6.45) is 2.36. The van der Waals surface area contributed by atoms with Crippen LogP contribution in [0, 0.1) is 0 Å². The summed E-state index contributed by atoms with van der Waals surface area (Å²) < 4.78 is 13.6. The number of para-hydroxylation sites is 1. The van der Waals surface area contributed by atoms with Crippen LogP contribution >= 0.6 is 0 Å². The number of carbonyl (C=O) groups is 1. The highest BCUT2D eigenvalue weighted by atomic mass is 16.5. The largest absolute Gasteiger partial charge is 0.497 e. The molecule has 0 bridgehead atoms. The molecule has 2 aromatic heterocycles. The Morgan fingerprint density at radius 2 is 1.70 bits per heavy atom. The van der Waals surface area contributed by atoms with Gasteiger partial charge in [-0.2, -0.15) is 0 Å². The average Bonchev–Trinajstić information content (AvgIpc) is 3.30. The summed E-state index contributed by atoms with van der Waals surface area (Å²) in [7, 11) is 1.65. The highest BCUT2D eigenvalue weighted by molar-refractivity contribution is 5.82. The SMILES string of the molecule is COc1cccc(-c2nc3ncc(-c4ccccc4)cc3n2Cc2ccccc2OCCCC(=O)O)c1. The first-order chi connectivity index (χ1) is 18.1. The van der Waals surface area contributed by atoms with Crippen molar-refractivity contribution in [2.45, 2.75) is 19.4 Å². The minimum absolute atomic E-state index is 0.0717. The zero-order valence-electron chi connectivity index (χ0n) is 20.5. The Morgan fingerprint density at radius 3 is 2.51 bits per heavy atom. The number of nitrogens with zero attached hydrogens (tertiary/aromatic N) is 3. The van der Waals surface area contributed by atoms with Gasteiger partial charge in [0, 0.05) is 29.3 Å². The number of imidazole rings is 1. The molecule has 0 radical (unpaired) electrons. The normalized spacial score (nSPS) is 10.9. The molecular formula is C30H27N3O4. The molecule has 0 aliphatic heterocycles. The number of methoxy groups -OCH3 is 1. The predicted octanol–water partition coefficient (Wildman–Crippen LogP) is 6.07. The van der Waals surface area contributed by atoms with Gasteiger partial charge in [0.1, 0.15) is 17.3 Å². The molecular weight excluding hydrogens is 466 g/mol. The third-order valence-corrected chi connectivity index (χ3v) is 6.13. The average molecular weight is 494 g/mol. The van der Waals surface area contributed by atoms with Crippen LogP contribution in [0.1, 0.15) is 18.4 Å². The fraction of sp³-hybridized carbons (Fsp3) is 0.167. The van der Waals surface area contributed by atoms with Gasteiger partial charge in [-0.3, -0.25) is 4.79 Å². The van der Waals surface area contributed by atoms with Crippen molar-refractivity contribution in [2.24, 2.45) is 0 Å². The quantitative estimate of drug-likeness (QED) is 0.238. The molecule has 0 amide bonds. The van der Waals surface area contributed by atoms with Crippen molar-refractivity contribution in [1.82, 2.24) is 14.5 Å². The van der Waals surface area contributed by atoms with Crippen molar-refractivity contribution < 1.29 is 19.4 Å². The second-order valence-electron chi connectivity index (χ2n) is 8.64. The van der Waals surface area contributed by atoms with Gasteiger partial charge in [0.2, 0.25) is 0 Å². The molecule has 37 heavy (non-hydrogen) atoms. The summed E-state index contributed by atoms with van der Waals surface area (Å²) in [5.74, 6) is 1.41. The fourth-order valence-corrected chi connectivity index (χ4v) is 4.29. The molecule has 3 aromatic carbocycles. The standard InChI is InChI=1S/C30H27N3O4/c1-36-25-13-7-12-22(17-25)30-32-29-26(18-24(19-31-29)21-9-3-2-4-10-21)33(30)20-23-11-5-6-14-27(23)37-16-8-15-28(34)35/h2-7,9-14,17-19H,8,15-16,20H2,1H3,(H,34,35). The monoisotopic (exact) mass is 493 g/mol. The minimum Gasteiger partial charge on any atom is -0.497 e. The van der Waals surface area contributed by atoms with Crippen LogP contribution < -0.4 is 9.47 Å². The molecule has 0 spiro atoms. The summed E-state index contributed by atoms with van der Waals surface area (Å²) in [6, 6.07) is 27.9. The van der Waals surface area contributed by atoms with Crippen LogP contribution in [0.5, 0.6) is 11.5 Å². The van der Waals surface area contributed by atoms with Crippen LogP contribution in [0.3, 0.4) is 0 Å². The third kappa shape index (κ3) is 5.46. The number of carboxylic acid groups (broad SMARTS) is 1. The molecule has 0 fully saturated rings. The molecule has 5 aromatic rings. The van der Waals surface area contributed by atoms with Crippen molar-refractivity contribution in [3.8, 4) is 34.0 Å². The summed E-state index contributed by atoms with van der Waals surface area (Å²) >= 11 is 0. The van der Waals surface area contributed by atoms with E-state index in [4.69, 9.17) is 24.5 Å². The Balaban J connectivity index is 1.59. The molecule has 0 aliphatic carbocycles. The van der Waals surface area contributed by atoms with Crippen molar-refractivity contribution in [3.63, 3.8) is 0 Å². The van der Waals surface area contributed by atoms with Gasteiger partial charge in [-0.15, -0.1) is 0 Å². The lowest BCUT2D eigenvalue weighted by Gasteiger charge is -2.15. The number of aliphatic carboxylic acids is 1. The van der Waals surface area contributed by atoms with Crippen molar-refractivity contribution in [3.05, 3.63) is 96.7 Å². The Labute approximate surface area is 215 Å². The van der Waals surface area contributed by atoms with Crippen molar-refractivity contribution >= 4 is 17.1 Å². The lowest BCUT2D eigenvalue weighted by Crippen LogP contribution is -2.07. The van der Waals surface area contributed by atoms with E-state index in [1.165, 1.54) is 0 Å². The maximum atomic E-state index is 10.9. The van der Waals surface area contributed by atoms with E-state index in [2.05, 4.69) is 22.8 Å². The van der Waals surface area contributed by atoms with Gasteiger partial charge < -0.3 is 19.1 Å². The lowest BCUT2D eigenvalue weighted by molar-refractivity contribution is -0.137. The second kappa shape index (κ2) is 11.0. The first-order valence-corrected chi connectivity index (χ1v) is 12.1. The number of rotatable bonds is 10. The van der Waals surface area contributed by atoms with E-state index in [1.54, 1.807) is 7.11 Å².